The van der Waals surface area contributed by atoms with Crippen molar-refractivity contribution in [3.8, 4) is 0 Å². The van der Waals surface area contributed by atoms with Crippen LogP contribution in [-0.4, -0.2) is 17.9 Å². The van der Waals surface area contributed by atoms with E-state index in [2.05, 4.69) is 27.3 Å². The van der Waals surface area contributed by atoms with Crippen molar-refractivity contribution in [1.29, 1.82) is 0 Å². The standard InChI is InChI=1S/C24H18BrClN2O2/c25-20-10-9-17(26)12-16(20)13-21(23(27)29)28-24(30)22-18-7-3-1-5-14(18)11-15-6-2-4-8-19(15)22/h1-12,21H,13H2,(H2,27,29)(H,28,30)/t21-/m0/s1. The van der Waals surface area contributed by atoms with Crippen LogP contribution in [0.4, 0.5) is 0 Å². The van der Waals surface area contributed by atoms with E-state index in [1.807, 2.05) is 48.5 Å². The van der Waals surface area contributed by atoms with Gasteiger partial charge in [-0.05, 0) is 51.4 Å². The maximum absolute atomic E-state index is 13.4. The maximum atomic E-state index is 13.4. The van der Waals surface area contributed by atoms with Crippen LogP contribution in [0.15, 0.2) is 77.3 Å². The van der Waals surface area contributed by atoms with Crippen molar-refractivity contribution < 1.29 is 9.59 Å². The molecule has 0 fully saturated rings. The van der Waals surface area contributed by atoms with Gasteiger partial charge < -0.3 is 11.1 Å². The fraction of sp³-hybridized carbons (Fsp3) is 0.0833. The van der Waals surface area contributed by atoms with E-state index in [0.29, 0.717) is 10.6 Å². The van der Waals surface area contributed by atoms with Crippen LogP contribution < -0.4 is 11.1 Å². The van der Waals surface area contributed by atoms with Crippen LogP contribution in [0, 0.1) is 0 Å². The normalized spacial score (nSPS) is 12.1. The number of primary amides is 1. The number of rotatable bonds is 5. The van der Waals surface area contributed by atoms with E-state index in [9.17, 15) is 9.59 Å². The zero-order chi connectivity index (χ0) is 21.3. The lowest BCUT2D eigenvalue weighted by atomic mass is 9.95. The summed E-state index contributed by atoms with van der Waals surface area (Å²) in [7, 11) is 0. The predicted molar refractivity (Wildman–Crippen MR) is 125 cm³/mol. The van der Waals surface area contributed by atoms with E-state index in [0.717, 1.165) is 31.6 Å². The van der Waals surface area contributed by atoms with Crippen LogP contribution in [0.5, 0.6) is 0 Å². The molecule has 0 bridgehead atoms. The number of benzene rings is 4. The number of hydrogen-bond acceptors (Lipinski definition) is 2. The average Bonchev–Trinajstić information content (AvgIpc) is 2.73. The Morgan fingerprint density at radius 3 is 2.13 bits per heavy atom. The van der Waals surface area contributed by atoms with Gasteiger partial charge in [-0.1, -0.05) is 76.1 Å². The first-order chi connectivity index (χ1) is 14.4. The lowest BCUT2D eigenvalue weighted by Crippen LogP contribution is -2.46. The van der Waals surface area contributed by atoms with E-state index in [4.69, 9.17) is 17.3 Å². The summed E-state index contributed by atoms with van der Waals surface area (Å²) in [5.41, 5.74) is 6.94. The van der Waals surface area contributed by atoms with Gasteiger partial charge in [-0.15, -0.1) is 0 Å². The van der Waals surface area contributed by atoms with Crippen LogP contribution in [0.1, 0.15) is 15.9 Å². The van der Waals surface area contributed by atoms with E-state index in [1.165, 1.54) is 0 Å². The fourth-order valence-corrected chi connectivity index (χ4v) is 4.23. The molecule has 4 rings (SSSR count). The molecular weight excluding hydrogens is 464 g/mol. The highest BCUT2D eigenvalue weighted by molar-refractivity contribution is 9.10. The predicted octanol–water partition coefficient (Wildman–Crippen LogP) is 5.24. The van der Waals surface area contributed by atoms with Gasteiger partial charge in [-0.2, -0.15) is 0 Å². The van der Waals surface area contributed by atoms with Crippen molar-refractivity contribution in [3.05, 3.63) is 93.4 Å². The third kappa shape index (κ3) is 4.04. The van der Waals surface area contributed by atoms with Crippen LogP contribution in [-0.2, 0) is 11.2 Å². The second-order valence-corrected chi connectivity index (χ2v) is 8.35. The molecule has 0 unspecified atom stereocenters. The number of carbonyl (C=O) groups is 2. The lowest BCUT2D eigenvalue weighted by molar-refractivity contribution is -0.119. The molecule has 0 aliphatic heterocycles. The highest BCUT2D eigenvalue weighted by Crippen LogP contribution is 2.29. The summed E-state index contributed by atoms with van der Waals surface area (Å²) in [6.07, 6.45) is 0.227. The minimum absolute atomic E-state index is 0.227. The van der Waals surface area contributed by atoms with Crippen molar-refractivity contribution in [2.24, 2.45) is 5.73 Å². The minimum Gasteiger partial charge on any atom is -0.368 e. The smallest absolute Gasteiger partial charge is 0.253 e. The summed E-state index contributed by atoms with van der Waals surface area (Å²) in [6.45, 7) is 0. The highest BCUT2D eigenvalue weighted by Gasteiger charge is 2.23. The Kier molecular flexibility index (Phi) is 5.75. The molecule has 4 aromatic carbocycles. The number of fused-ring (bicyclic) bond motifs is 2. The first kappa shape index (κ1) is 20.4. The quantitative estimate of drug-likeness (QED) is 0.383. The molecule has 6 heteroatoms. The summed E-state index contributed by atoms with van der Waals surface area (Å²) in [4.78, 5) is 25.5. The van der Waals surface area contributed by atoms with Crippen LogP contribution in [0.25, 0.3) is 21.5 Å². The molecular formula is C24H18BrClN2O2. The first-order valence-corrected chi connectivity index (χ1v) is 10.6. The second-order valence-electron chi connectivity index (χ2n) is 7.06. The van der Waals surface area contributed by atoms with Gasteiger partial charge in [0.1, 0.15) is 6.04 Å². The molecule has 2 amide bonds. The maximum Gasteiger partial charge on any atom is 0.253 e. The SMILES string of the molecule is NC(=O)[C@H](Cc1cc(Cl)ccc1Br)NC(=O)c1c2ccccc2cc2ccccc12. The zero-order valence-corrected chi connectivity index (χ0v) is 18.2. The Morgan fingerprint density at radius 1 is 0.933 bits per heavy atom. The summed E-state index contributed by atoms with van der Waals surface area (Å²) >= 11 is 9.55. The molecule has 0 saturated heterocycles. The van der Waals surface area contributed by atoms with Crippen LogP contribution in [0.3, 0.4) is 0 Å². The molecule has 0 aliphatic carbocycles. The lowest BCUT2D eigenvalue weighted by Gasteiger charge is -2.18. The largest absolute Gasteiger partial charge is 0.368 e. The monoisotopic (exact) mass is 480 g/mol. The van der Waals surface area contributed by atoms with Gasteiger partial charge in [0.2, 0.25) is 5.91 Å². The zero-order valence-electron chi connectivity index (χ0n) is 15.9. The molecule has 0 aliphatic rings. The highest BCUT2D eigenvalue weighted by atomic mass is 79.9. The molecule has 3 N–H and O–H groups in total. The van der Waals surface area contributed by atoms with Crippen LogP contribution >= 0.6 is 27.5 Å². The molecule has 0 saturated carbocycles. The number of nitrogens with two attached hydrogens (primary N) is 1. The summed E-state index contributed by atoms with van der Waals surface area (Å²) in [5.74, 6) is -0.954. The molecule has 150 valence electrons. The fourth-order valence-electron chi connectivity index (χ4n) is 3.63. The Morgan fingerprint density at radius 2 is 1.53 bits per heavy atom. The number of hydrogen-bond donors (Lipinski definition) is 2. The summed E-state index contributed by atoms with van der Waals surface area (Å²) in [5, 5.41) is 6.93. The molecule has 0 heterocycles. The molecule has 0 spiro atoms. The molecule has 30 heavy (non-hydrogen) atoms. The number of carbonyl (C=O) groups excluding carboxylic acids is 2. The first-order valence-electron chi connectivity index (χ1n) is 9.38. The van der Waals surface area contributed by atoms with Gasteiger partial charge in [0.15, 0.2) is 0 Å². The number of halogens is 2. The Bertz CT molecular complexity index is 1230. The second kappa shape index (κ2) is 8.46. The molecule has 4 aromatic rings. The Hall–Kier alpha value is -2.89. The van der Waals surface area contributed by atoms with Gasteiger partial charge >= 0.3 is 0 Å². The van der Waals surface area contributed by atoms with E-state index in [-0.39, 0.29) is 12.3 Å². The van der Waals surface area contributed by atoms with Gasteiger partial charge in [-0.3, -0.25) is 9.59 Å². The summed E-state index contributed by atoms with van der Waals surface area (Å²) < 4.78 is 0.794. The van der Waals surface area contributed by atoms with Crippen molar-refractivity contribution in [2.45, 2.75) is 12.5 Å². The van der Waals surface area contributed by atoms with E-state index < -0.39 is 11.9 Å². The van der Waals surface area contributed by atoms with Crippen molar-refractivity contribution in [1.82, 2.24) is 5.32 Å². The van der Waals surface area contributed by atoms with Crippen molar-refractivity contribution in [2.75, 3.05) is 0 Å². The Balaban J connectivity index is 1.75. The van der Waals surface area contributed by atoms with Gasteiger partial charge in [0.25, 0.3) is 5.91 Å². The summed E-state index contributed by atoms with van der Waals surface area (Å²) in [6, 6.07) is 21.9. The number of amides is 2. The Labute approximate surface area is 187 Å². The molecule has 0 aromatic heterocycles. The third-order valence-electron chi connectivity index (χ3n) is 5.08. The van der Waals surface area contributed by atoms with Gasteiger partial charge in [-0.25, -0.2) is 0 Å². The number of nitrogens with one attached hydrogen (secondary N) is 1. The molecule has 1 atom stereocenters. The topological polar surface area (TPSA) is 72.2 Å². The molecule has 0 radical (unpaired) electrons. The third-order valence-corrected chi connectivity index (χ3v) is 6.09. The van der Waals surface area contributed by atoms with E-state index in [1.54, 1.807) is 18.2 Å². The van der Waals surface area contributed by atoms with E-state index >= 15 is 0 Å². The van der Waals surface area contributed by atoms with Crippen molar-refractivity contribution >= 4 is 60.9 Å². The van der Waals surface area contributed by atoms with Crippen LogP contribution in [0.2, 0.25) is 5.02 Å². The van der Waals surface area contributed by atoms with Gasteiger partial charge in [0.05, 0.1) is 5.56 Å². The average molecular weight is 482 g/mol. The van der Waals surface area contributed by atoms with Crippen molar-refractivity contribution in [3.63, 3.8) is 0 Å². The minimum atomic E-state index is -0.884. The van der Waals surface area contributed by atoms with Gasteiger partial charge in [0, 0.05) is 15.9 Å². The molecule has 4 nitrogen and oxygen atoms in total.